The summed E-state index contributed by atoms with van der Waals surface area (Å²) in [5, 5.41) is 13.3. The molecule has 1 amide bonds. The van der Waals surface area contributed by atoms with Gasteiger partial charge in [0.15, 0.2) is 0 Å². The summed E-state index contributed by atoms with van der Waals surface area (Å²) in [5.41, 5.74) is 0.645. The summed E-state index contributed by atoms with van der Waals surface area (Å²) in [5.74, 6) is -1.36. The van der Waals surface area contributed by atoms with Crippen LogP contribution in [0.4, 0.5) is 0 Å². The molecule has 0 heterocycles. The molecule has 0 aliphatic heterocycles. The molecule has 0 saturated heterocycles. The molecule has 1 saturated carbocycles. The molecule has 1 atom stereocenters. The van der Waals surface area contributed by atoms with E-state index in [1.165, 1.54) is 5.56 Å². The standard InChI is InChI=1S/C21H30ClNO4/c1-27-14-10-17(19(24)25)15-21(11-2-3-12-21)20(26)23-13-4-5-16-6-8-18(22)9-7-16/h6-9,17H,2-5,10-15H2,1H3,(H,23,26)(H,24,25)/t17-/m0/s1. The van der Waals surface area contributed by atoms with Crippen LogP contribution in [0.1, 0.15) is 50.5 Å². The minimum absolute atomic E-state index is 0.0137. The molecule has 1 aromatic carbocycles. The highest BCUT2D eigenvalue weighted by molar-refractivity contribution is 6.30. The normalized spacial score (nSPS) is 16.8. The van der Waals surface area contributed by atoms with E-state index >= 15 is 0 Å². The number of aryl methyl sites for hydroxylation is 1. The van der Waals surface area contributed by atoms with E-state index in [0.717, 1.165) is 43.5 Å². The lowest BCUT2D eigenvalue weighted by Gasteiger charge is -2.30. The number of aliphatic carboxylic acids is 1. The minimum Gasteiger partial charge on any atom is -0.481 e. The second-order valence-electron chi connectivity index (χ2n) is 7.49. The average Bonchev–Trinajstić information content (AvgIpc) is 3.13. The van der Waals surface area contributed by atoms with Crippen LogP contribution >= 0.6 is 11.6 Å². The molecule has 1 aromatic rings. The van der Waals surface area contributed by atoms with Gasteiger partial charge >= 0.3 is 5.97 Å². The van der Waals surface area contributed by atoms with Gasteiger partial charge in [-0.05, 0) is 56.2 Å². The van der Waals surface area contributed by atoms with Crippen LogP contribution in [0.5, 0.6) is 0 Å². The molecule has 6 heteroatoms. The molecule has 1 fully saturated rings. The van der Waals surface area contributed by atoms with Crippen LogP contribution < -0.4 is 5.32 Å². The van der Waals surface area contributed by atoms with Crippen molar-refractivity contribution in [1.29, 1.82) is 0 Å². The first kappa shape index (κ1) is 21.7. The molecule has 150 valence electrons. The van der Waals surface area contributed by atoms with Crippen LogP contribution in [0.2, 0.25) is 5.02 Å². The van der Waals surface area contributed by atoms with Gasteiger partial charge in [0.2, 0.25) is 5.91 Å². The predicted molar refractivity (Wildman–Crippen MR) is 106 cm³/mol. The van der Waals surface area contributed by atoms with Gasteiger partial charge in [0.05, 0.1) is 5.92 Å². The first-order valence-corrected chi connectivity index (χ1v) is 10.1. The van der Waals surface area contributed by atoms with Gasteiger partial charge < -0.3 is 15.2 Å². The molecule has 1 aliphatic rings. The van der Waals surface area contributed by atoms with Gasteiger partial charge in [0.25, 0.3) is 0 Å². The third-order valence-electron chi connectivity index (χ3n) is 5.54. The number of carboxylic acids is 1. The summed E-state index contributed by atoms with van der Waals surface area (Å²) < 4.78 is 5.04. The number of carboxylic acid groups (broad SMARTS) is 1. The fourth-order valence-corrected chi connectivity index (χ4v) is 4.08. The smallest absolute Gasteiger partial charge is 0.306 e. The summed E-state index contributed by atoms with van der Waals surface area (Å²) in [7, 11) is 1.57. The van der Waals surface area contributed by atoms with Gasteiger partial charge in [-0.15, -0.1) is 0 Å². The Morgan fingerprint density at radius 2 is 1.93 bits per heavy atom. The number of nitrogens with one attached hydrogen (secondary N) is 1. The van der Waals surface area contributed by atoms with Crippen molar-refractivity contribution in [1.82, 2.24) is 5.32 Å². The van der Waals surface area contributed by atoms with E-state index in [2.05, 4.69) is 5.32 Å². The van der Waals surface area contributed by atoms with Crippen molar-refractivity contribution in [2.75, 3.05) is 20.3 Å². The Kier molecular flexibility index (Phi) is 8.58. The molecule has 0 radical (unpaired) electrons. The zero-order valence-electron chi connectivity index (χ0n) is 16.0. The SMILES string of the molecule is COCC[C@@H](CC1(C(=O)NCCCc2ccc(Cl)cc2)CCCC1)C(=O)O. The second-order valence-corrected chi connectivity index (χ2v) is 7.93. The Labute approximate surface area is 166 Å². The predicted octanol–water partition coefficient (Wildman–Crippen LogP) is 4.08. The molecule has 2 rings (SSSR count). The Balaban J connectivity index is 1.87. The van der Waals surface area contributed by atoms with Gasteiger partial charge in [-0.3, -0.25) is 9.59 Å². The molecular weight excluding hydrogens is 366 g/mol. The summed E-state index contributed by atoms with van der Waals surface area (Å²) in [6.45, 7) is 0.995. The lowest BCUT2D eigenvalue weighted by atomic mass is 9.76. The van der Waals surface area contributed by atoms with Crippen molar-refractivity contribution in [3.05, 3.63) is 34.9 Å². The molecule has 1 aliphatic carbocycles. The minimum atomic E-state index is -0.839. The highest BCUT2D eigenvalue weighted by Gasteiger charge is 2.43. The number of ether oxygens (including phenoxy) is 1. The number of carbonyl (C=O) groups is 2. The van der Waals surface area contributed by atoms with Crippen LogP contribution in [0.3, 0.4) is 0 Å². The van der Waals surface area contributed by atoms with Gasteiger partial charge in [0, 0.05) is 30.7 Å². The topological polar surface area (TPSA) is 75.6 Å². The van der Waals surface area contributed by atoms with Crippen LogP contribution in [0, 0.1) is 11.3 Å². The number of hydrogen-bond acceptors (Lipinski definition) is 3. The summed E-state index contributed by atoms with van der Waals surface area (Å²) in [6.07, 6.45) is 6.06. The van der Waals surface area contributed by atoms with Crippen molar-refractivity contribution in [2.24, 2.45) is 11.3 Å². The Morgan fingerprint density at radius 3 is 2.52 bits per heavy atom. The maximum atomic E-state index is 12.9. The van der Waals surface area contributed by atoms with E-state index in [-0.39, 0.29) is 5.91 Å². The van der Waals surface area contributed by atoms with E-state index < -0.39 is 17.3 Å². The first-order chi connectivity index (χ1) is 13.0. The van der Waals surface area contributed by atoms with Gasteiger partial charge in [-0.1, -0.05) is 36.6 Å². The second kappa shape index (κ2) is 10.7. The maximum Gasteiger partial charge on any atom is 0.306 e. The number of hydrogen-bond donors (Lipinski definition) is 2. The van der Waals surface area contributed by atoms with E-state index in [1.54, 1.807) is 7.11 Å². The Bertz CT molecular complexity index is 611. The zero-order chi connectivity index (χ0) is 19.7. The van der Waals surface area contributed by atoms with Crippen molar-refractivity contribution in [3.8, 4) is 0 Å². The highest BCUT2D eigenvalue weighted by Crippen LogP contribution is 2.44. The fraction of sp³-hybridized carbons (Fsp3) is 0.619. The molecule has 0 bridgehead atoms. The summed E-state index contributed by atoms with van der Waals surface area (Å²) >= 11 is 5.89. The van der Waals surface area contributed by atoms with E-state index in [1.807, 2.05) is 24.3 Å². The van der Waals surface area contributed by atoms with Crippen LogP contribution in [0.15, 0.2) is 24.3 Å². The number of halogens is 1. The Hall–Kier alpha value is -1.59. The number of methoxy groups -OCH3 is 1. The van der Waals surface area contributed by atoms with E-state index in [4.69, 9.17) is 16.3 Å². The zero-order valence-corrected chi connectivity index (χ0v) is 16.8. The van der Waals surface area contributed by atoms with Gasteiger partial charge in [0.1, 0.15) is 0 Å². The number of rotatable bonds is 11. The monoisotopic (exact) mass is 395 g/mol. The highest BCUT2D eigenvalue weighted by atomic mass is 35.5. The molecule has 0 spiro atoms. The number of benzene rings is 1. The van der Waals surface area contributed by atoms with Crippen LogP contribution in [-0.2, 0) is 20.7 Å². The fourth-order valence-electron chi connectivity index (χ4n) is 3.95. The molecule has 0 unspecified atom stereocenters. The van der Waals surface area contributed by atoms with Crippen molar-refractivity contribution < 1.29 is 19.4 Å². The lowest BCUT2D eigenvalue weighted by molar-refractivity contribution is -0.145. The van der Waals surface area contributed by atoms with Crippen LogP contribution in [0.25, 0.3) is 0 Å². The molecule has 2 N–H and O–H groups in total. The lowest BCUT2D eigenvalue weighted by Crippen LogP contribution is -2.42. The van der Waals surface area contributed by atoms with Crippen LogP contribution in [-0.4, -0.2) is 37.2 Å². The quantitative estimate of drug-likeness (QED) is 0.553. The molecule has 27 heavy (non-hydrogen) atoms. The summed E-state index contributed by atoms with van der Waals surface area (Å²) in [4.78, 5) is 24.5. The number of amides is 1. The third kappa shape index (κ3) is 6.51. The van der Waals surface area contributed by atoms with Crippen molar-refractivity contribution in [3.63, 3.8) is 0 Å². The molecule has 5 nitrogen and oxygen atoms in total. The first-order valence-electron chi connectivity index (χ1n) is 9.71. The van der Waals surface area contributed by atoms with Crippen molar-refractivity contribution in [2.45, 2.75) is 51.4 Å². The van der Waals surface area contributed by atoms with Crippen molar-refractivity contribution >= 4 is 23.5 Å². The summed E-state index contributed by atoms with van der Waals surface area (Å²) in [6, 6.07) is 7.73. The largest absolute Gasteiger partial charge is 0.481 e. The van der Waals surface area contributed by atoms with E-state index in [0.29, 0.717) is 26.0 Å². The third-order valence-corrected chi connectivity index (χ3v) is 5.79. The maximum absolute atomic E-state index is 12.9. The number of carbonyl (C=O) groups excluding carboxylic acids is 1. The average molecular weight is 396 g/mol. The van der Waals surface area contributed by atoms with E-state index in [9.17, 15) is 14.7 Å². The van der Waals surface area contributed by atoms with Gasteiger partial charge in [-0.2, -0.15) is 0 Å². The Morgan fingerprint density at radius 1 is 1.26 bits per heavy atom. The molecular formula is C21H30ClNO4. The van der Waals surface area contributed by atoms with Gasteiger partial charge in [-0.25, -0.2) is 0 Å². The molecule has 0 aromatic heterocycles.